The van der Waals surface area contributed by atoms with E-state index in [2.05, 4.69) is 0 Å². The number of fused-ring (bicyclic) bond motifs is 1. The third-order valence-electron chi connectivity index (χ3n) is 3.53. The fourth-order valence-corrected chi connectivity index (χ4v) is 4.96. The molecule has 4 nitrogen and oxygen atoms in total. The first kappa shape index (κ1) is 18.9. The molecule has 0 amide bonds. The van der Waals surface area contributed by atoms with Gasteiger partial charge in [0.2, 0.25) is 5.60 Å². The number of aliphatic hydroxyl groups is 1. The first-order valence-corrected chi connectivity index (χ1v) is 10.2. The smallest absolute Gasteiger partial charge is 0.343 e. The van der Waals surface area contributed by atoms with E-state index >= 15 is 0 Å². The van der Waals surface area contributed by atoms with Crippen LogP contribution in [0.3, 0.4) is 0 Å². The zero-order valence-corrected chi connectivity index (χ0v) is 15.4. The number of thioether (sulfide) groups is 1. The van der Waals surface area contributed by atoms with Crippen LogP contribution >= 0.6 is 19.5 Å². The standard InChI is InChI=1S/C18H21O4PS/c1-13(2)10-18(21,17(19)20)11-23(22)12-24-16-8-7-14-5-3-4-6-15(14)9-16/h3-9,11,13,21H,10,12H2,1-2H3,(H,19,20). The van der Waals surface area contributed by atoms with Crippen LogP contribution in [0.15, 0.2) is 47.4 Å². The van der Waals surface area contributed by atoms with Gasteiger partial charge in [0.15, 0.2) is 5.49 Å². The lowest BCUT2D eigenvalue weighted by Crippen LogP contribution is -2.41. The molecule has 0 saturated heterocycles. The van der Waals surface area contributed by atoms with Crippen LogP contribution in [-0.2, 0) is 4.79 Å². The molecule has 0 aliphatic rings. The first-order valence-electron chi connectivity index (χ1n) is 7.67. The molecule has 24 heavy (non-hydrogen) atoms. The Hall–Kier alpha value is -1.39. The molecule has 2 atom stereocenters. The summed E-state index contributed by atoms with van der Waals surface area (Å²) < 4.78 is 0. The van der Waals surface area contributed by atoms with Crippen molar-refractivity contribution < 1.29 is 19.9 Å². The quantitative estimate of drug-likeness (QED) is 0.582. The predicted octanol–water partition coefficient (Wildman–Crippen LogP) is 3.31. The lowest BCUT2D eigenvalue weighted by molar-refractivity contribution is -0.156. The van der Waals surface area contributed by atoms with Gasteiger partial charge in [-0.1, -0.05) is 55.9 Å². The van der Waals surface area contributed by atoms with Gasteiger partial charge in [-0.05, 0) is 35.2 Å². The number of carboxylic acids is 1. The molecule has 2 rings (SSSR count). The lowest BCUT2D eigenvalue weighted by atomic mass is 9.94. The van der Waals surface area contributed by atoms with Crippen molar-refractivity contribution in [1.29, 1.82) is 0 Å². The van der Waals surface area contributed by atoms with E-state index in [-0.39, 0.29) is 17.8 Å². The average molecular weight is 364 g/mol. The molecule has 2 aromatic rings. The Balaban J connectivity index is 2.09. The van der Waals surface area contributed by atoms with Gasteiger partial charge in [-0.15, -0.1) is 0 Å². The maximum absolute atomic E-state index is 12.2. The van der Waals surface area contributed by atoms with Gasteiger partial charge in [0.05, 0.1) is 7.77 Å². The van der Waals surface area contributed by atoms with Gasteiger partial charge in [0, 0.05) is 4.90 Å². The normalized spacial score (nSPS) is 14.8. The highest BCUT2D eigenvalue weighted by molar-refractivity contribution is 8.04. The van der Waals surface area contributed by atoms with Gasteiger partial charge in [-0.25, -0.2) is 4.79 Å². The minimum absolute atomic E-state index is 0.0149. The van der Waals surface area contributed by atoms with Crippen molar-refractivity contribution in [1.82, 2.24) is 0 Å². The summed E-state index contributed by atoms with van der Waals surface area (Å²) in [5.41, 5.74) is -1.80. The molecule has 0 aliphatic carbocycles. The van der Waals surface area contributed by atoms with Gasteiger partial charge in [0.25, 0.3) is 0 Å². The molecule has 0 saturated carbocycles. The summed E-state index contributed by atoms with van der Waals surface area (Å²) in [5, 5.41) is 21.7. The second-order valence-corrected chi connectivity index (χ2v) is 9.04. The number of hydrogen-bond donors (Lipinski definition) is 2. The Morgan fingerprint density at radius 2 is 1.96 bits per heavy atom. The molecule has 2 N–H and O–H groups in total. The lowest BCUT2D eigenvalue weighted by Gasteiger charge is -2.19. The molecular formula is C18H21O4PS. The summed E-state index contributed by atoms with van der Waals surface area (Å²) in [5.74, 6) is -0.284. The highest BCUT2D eigenvalue weighted by Crippen LogP contribution is 2.31. The second-order valence-electron chi connectivity index (χ2n) is 6.16. The molecule has 0 radical (unpaired) electrons. The fraction of sp³-hybridized carbons (Fsp3) is 0.333. The van der Waals surface area contributed by atoms with E-state index in [4.69, 9.17) is 0 Å². The maximum atomic E-state index is 12.2. The summed E-state index contributed by atoms with van der Waals surface area (Å²) in [6, 6.07) is 13.9. The van der Waals surface area contributed by atoms with Gasteiger partial charge in [0.1, 0.15) is 5.80 Å². The highest BCUT2D eigenvalue weighted by atomic mass is 32.2. The molecule has 0 aliphatic heterocycles. The minimum Gasteiger partial charge on any atom is -0.630 e. The summed E-state index contributed by atoms with van der Waals surface area (Å²) in [6.07, 6.45) is 0.0457. The van der Waals surface area contributed by atoms with E-state index < -0.39 is 19.3 Å². The molecule has 128 valence electrons. The second kappa shape index (κ2) is 8.13. The average Bonchev–Trinajstić information content (AvgIpc) is 2.51. The number of carbonyl (C=O) groups is 1. The third-order valence-corrected chi connectivity index (χ3v) is 6.36. The van der Waals surface area contributed by atoms with Crippen molar-refractivity contribution in [3.8, 4) is 0 Å². The SMILES string of the molecule is CC(C)CC(O)(C=[P+]([O-])CSc1ccc2ccccc2c1)C(=O)O. The highest BCUT2D eigenvalue weighted by Gasteiger charge is 2.37. The third kappa shape index (κ3) is 5.05. The molecular weight excluding hydrogens is 343 g/mol. The Morgan fingerprint density at radius 3 is 2.58 bits per heavy atom. The summed E-state index contributed by atoms with van der Waals surface area (Å²) in [7, 11) is -1.94. The number of aliphatic carboxylic acids is 1. The van der Waals surface area contributed by atoms with E-state index in [0.717, 1.165) is 21.5 Å². The number of benzene rings is 2. The van der Waals surface area contributed by atoms with Crippen molar-refractivity contribution in [3.05, 3.63) is 42.5 Å². The van der Waals surface area contributed by atoms with Gasteiger partial charge in [-0.3, -0.25) is 0 Å². The molecule has 6 heteroatoms. The van der Waals surface area contributed by atoms with Gasteiger partial charge < -0.3 is 15.1 Å². The summed E-state index contributed by atoms with van der Waals surface area (Å²) >= 11 is 1.40. The van der Waals surface area contributed by atoms with Crippen LogP contribution in [-0.4, -0.2) is 33.1 Å². The molecule has 0 bridgehead atoms. The Morgan fingerprint density at radius 1 is 1.29 bits per heavy atom. The zero-order valence-electron chi connectivity index (χ0n) is 13.7. The summed E-state index contributed by atoms with van der Waals surface area (Å²) in [6.45, 7) is 3.64. The van der Waals surface area contributed by atoms with Crippen molar-refractivity contribution in [2.75, 3.05) is 5.49 Å². The number of rotatable bonds is 7. The first-order chi connectivity index (χ1) is 11.3. The molecule has 2 unspecified atom stereocenters. The van der Waals surface area contributed by atoms with Crippen LogP contribution in [0.2, 0.25) is 0 Å². The fourth-order valence-electron chi connectivity index (χ4n) is 2.49. The molecule has 0 spiro atoms. The van der Waals surface area contributed by atoms with Crippen LogP contribution < -0.4 is 4.89 Å². The van der Waals surface area contributed by atoms with Gasteiger partial charge in [-0.2, -0.15) is 0 Å². The number of hydrogen-bond acceptors (Lipinski definition) is 4. The largest absolute Gasteiger partial charge is 0.630 e. The Bertz CT molecular complexity index is 760. The van der Waals surface area contributed by atoms with Crippen molar-refractivity contribution in [3.63, 3.8) is 0 Å². The van der Waals surface area contributed by atoms with Crippen molar-refractivity contribution in [2.45, 2.75) is 30.8 Å². The van der Waals surface area contributed by atoms with E-state index in [1.807, 2.05) is 56.3 Å². The van der Waals surface area contributed by atoms with Crippen LogP contribution in [0.1, 0.15) is 20.3 Å². The van der Waals surface area contributed by atoms with Crippen LogP contribution in [0.4, 0.5) is 0 Å². The van der Waals surface area contributed by atoms with Crippen LogP contribution in [0, 0.1) is 5.92 Å². The van der Waals surface area contributed by atoms with Crippen molar-refractivity contribution in [2.24, 2.45) is 5.92 Å². The summed E-state index contributed by atoms with van der Waals surface area (Å²) in [4.78, 5) is 24.5. The Labute approximate surface area is 147 Å². The van der Waals surface area contributed by atoms with Gasteiger partial charge >= 0.3 is 5.97 Å². The van der Waals surface area contributed by atoms with E-state index in [1.54, 1.807) is 0 Å². The van der Waals surface area contributed by atoms with E-state index in [9.17, 15) is 19.9 Å². The van der Waals surface area contributed by atoms with Crippen LogP contribution in [0.5, 0.6) is 0 Å². The zero-order chi connectivity index (χ0) is 17.7. The van der Waals surface area contributed by atoms with E-state index in [0.29, 0.717) is 0 Å². The van der Waals surface area contributed by atoms with Crippen LogP contribution in [0.25, 0.3) is 10.8 Å². The monoisotopic (exact) mass is 364 g/mol. The topological polar surface area (TPSA) is 80.6 Å². The number of carboxylic acid groups (broad SMARTS) is 1. The Kier molecular flexibility index (Phi) is 6.41. The maximum Gasteiger partial charge on any atom is 0.343 e. The van der Waals surface area contributed by atoms with Crippen molar-refractivity contribution >= 4 is 42.1 Å². The molecule has 0 aromatic heterocycles. The molecule has 0 fully saturated rings. The van der Waals surface area contributed by atoms with E-state index in [1.165, 1.54) is 11.8 Å². The molecule has 0 heterocycles. The minimum atomic E-state index is -2.04. The molecule has 2 aromatic carbocycles. The predicted molar refractivity (Wildman–Crippen MR) is 99.7 cm³/mol.